The Morgan fingerprint density at radius 3 is 2.62 bits per heavy atom. The predicted molar refractivity (Wildman–Crippen MR) is 137 cm³/mol. The van der Waals surface area contributed by atoms with Gasteiger partial charge in [0.2, 0.25) is 0 Å². The third-order valence-electron chi connectivity index (χ3n) is 6.52. The lowest BCUT2D eigenvalue weighted by atomic mass is 10.0. The molecule has 37 heavy (non-hydrogen) atoms. The van der Waals surface area contributed by atoms with Crippen molar-refractivity contribution in [1.29, 1.82) is 0 Å². The van der Waals surface area contributed by atoms with Crippen LogP contribution in [0.3, 0.4) is 0 Å². The maximum atomic E-state index is 14.0. The highest BCUT2D eigenvalue weighted by Crippen LogP contribution is 2.36. The van der Waals surface area contributed by atoms with Gasteiger partial charge in [-0.15, -0.1) is 0 Å². The molecule has 2 aromatic rings. The Labute approximate surface area is 220 Å². The Bertz CT molecular complexity index is 1210. The number of likely N-dealkylation sites (tertiary alicyclic amines) is 2. The first-order valence-electron chi connectivity index (χ1n) is 11.9. The summed E-state index contributed by atoms with van der Waals surface area (Å²) in [5.74, 6) is -3.94. The third kappa shape index (κ3) is 6.14. The maximum Gasteiger partial charge on any atom is 0.294 e. The second-order valence-corrected chi connectivity index (χ2v) is 10.2. The minimum absolute atomic E-state index is 0.0368. The van der Waals surface area contributed by atoms with Gasteiger partial charge in [-0.25, -0.2) is 8.78 Å². The van der Waals surface area contributed by atoms with E-state index >= 15 is 0 Å². The van der Waals surface area contributed by atoms with Crippen LogP contribution in [0.4, 0.5) is 25.8 Å². The molecule has 198 valence electrons. The van der Waals surface area contributed by atoms with Crippen molar-refractivity contribution in [2.24, 2.45) is 0 Å². The Hall–Kier alpha value is -3.35. The Balaban J connectivity index is 1.60. The van der Waals surface area contributed by atoms with E-state index in [2.05, 4.69) is 31.5 Å². The Kier molecular flexibility index (Phi) is 7.90. The molecule has 3 heterocycles. The van der Waals surface area contributed by atoms with Gasteiger partial charge in [-0.2, -0.15) is 0 Å². The number of pyridine rings is 1. The van der Waals surface area contributed by atoms with E-state index in [0.717, 1.165) is 4.90 Å². The number of benzene rings is 1. The first-order chi connectivity index (χ1) is 17.6. The number of nitrogens with one attached hydrogen (secondary N) is 2. The summed E-state index contributed by atoms with van der Waals surface area (Å²) >= 11 is 3.21. The molecule has 13 heteroatoms. The molecular formula is C24H27BrF2N6O4. The van der Waals surface area contributed by atoms with Crippen LogP contribution in [0.25, 0.3) is 0 Å². The lowest BCUT2D eigenvalue weighted by Crippen LogP contribution is -2.47. The van der Waals surface area contributed by atoms with Crippen LogP contribution in [0.15, 0.2) is 35.1 Å². The van der Waals surface area contributed by atoms with Crippen molar-refractivity contribution in [2.45, 2.75) is 37.6 Å². The van der Waals surface area contributed by atoms with Crippen LogP contribution in [-0.2, 0) is 0 Å². The number of nitro benzene ring substituents is 1. The molecule has 0 spiro atoms. The van der Waals surface area contributed by atoms with E-state index < -0.39 is 29.3 Å². The van der Waals surface area contributed by atoms with E-state index in [1.54, 1.807) is 24.2 Å². The largest absolute Gasteiger partial charge is 0.387 e. The molecule has 2 aliphatic heterocycles. The van der Waals surface area contributed by atoms with Gasteiger partial charge in [-0.1, -0.05) is 15.9 Å². The molecule has 2 saturated heterocycles. The normalized spacial score (nSPS) is 19.3. The molecule has 0 unspecified atom stereocenters. The van der Waals surface area contributed by atoms with Crippen molar-refractivity contribution in [1.82, 2.24) is 14.8 Å². The van der Waals surface area contributed by atoms with E-state index in [4.69, 9.17) is 0 Å². The molecule has 10 nitrogen and oxygen atoms in total. The van der Waals surface area contributed by atoms with Crippen LogP contribution in [0.1, 0.15) is 46.4 Å². The highest BCUT2D eigenvalue weighted by Gasteiger charge is 2.39. The number of aromatic nitrogens is 1. The summed E-state index contributed by atoms with van der Waals surface area (Å²) in [5.41, 5.74) is 0.646. The van der Waals surface area contributed by atoms with E-state index in [1.807, 2.05) is 0 Å². The molecule has 0 aliphatic carbocycles. The molecule has 0 radical (unpaired) electrons. The fourth-order valence-corrected chi connectivity index (χ4v) is 5.17. The zero-order valence-corrected chi connectivity index (χ0v) is 21.8. The molecule has 0 bridgehead atoms. The number of rotatable bonds is 6. The van der Waals surface area contributed by atoms with Crippen molar-refractivity contribution in [3.05, 3.63) is 56.3 Å². The summed E-state index contributed by atoms with van der Waals surface area (Å²) in [6.07, 6.45) is 4.14. The quantitative estimate of drug-likeness (QED) is 0.384. The zero-order valence-electron chi connectivity index (χ0n) is 20.2. The Morgan fingerprint density at radius 1 is 1.16 bits per heavy atom. The van der Waals surface area contributed by atoms with Crippen LogP contribution >= 0.6 is 15.9 Å². The fourth-order valence-electron chi connectivity index (χ4n) is 4.73. The number of carbonyl (C=O) groups excluding carboxylic acids is 2. The topological polar surface area (TPSA) is 121 Å². The minimum Gasteiger partial charge on any atom is -0.387 e. The number of nitro groups is 1. The van der Waals surface area contributed by atoms with Crippen molar-refractivity contribution < 1.29 is 23.3 Å². The van der Waals surface area contributed by atoms with Gasteiger partial charge in [0.25, 0.3) is 23.4 Å². The average Bonchev–Trinajstić information content (AvgIpc) is 2.88. The van der Waals surface area contributed by atoms with Gasteiger partial charge >= 0.3 is 0 Å². The SMILES string of the molecule is CNc1cncc(C(=O)N2CCC[C@@H](Nc3c(C(=O)N4CCCC(F)(F)C4)cc(Br)cc3[N+](=O)[O-])C2)c1. The van der Waals surface area contributed by atoms with Gasteiger partial charge in [0.05, 0.1) is 28.3 Å². The Morgan fingerprint density at radius 2 is 1.92 bits per heavy atom. The number of hydrogen-bond acceptors (Lipinski definition) is 7. The van der Waals surface area contributed by atoms with Crippen LogP contribution in [0.5, 0.6) is 0 Å². The summed E-state index contributed by atoms with van der Waals surface area (Å²) in [7, 11) is 1.72. The highest BCUT2D eigenvalue weighted by molar-refractivity contribution is 9.10. The lowest BCUT2D eigenvalue weighted by molar-refractivity contribution is -0.384. The number of hydrogen-bond donors (Lipinski definition) is 2. The van der Waals surface area contributed by atoms with Gasteiger partial charge < -0.3 is 20.4 Å². The van der Waals surface area contributed by atoms with Crippen LogP contribution in [0.2, 0.25) is 0 Å². The van der Waals surface area contributed by atoms with E-state index in [1.165, 1.54) is 18.3 Å². The fraction of sp³-hybridized carbons (Fsp3) is 0.458. The molecule has 1 atom stereocenters. The van der Waals surface area contributed by atoms with Crippen molar-refractivity contribution in [3.8, 4) is 0 Å². The highest BCUT2D eigenvalue weighted by atomic mass is 79.9. The number of carbonyl (C=O) groups is 2. The van der Waals surface area contributed by atoms with Crippen molar-refractivity contribution in [2.75, 3.05) is 43.9 Å². The second-order valence-electron chi connectivity index (χ2n) is 9.24. The molecule has 2 amide bonds. The minimum atomic E-state index is -3.01. The lowest BCUT2D eigenvalue weighted by Gasteiger charge is -2.35. The van der Waals surface area contributed by atoms with Gasteiger partial charge in [0, 0.05) is 62.1 Å². The number of halogens is 3. The first-order valence-corrected chi connectivity index (χ1v) is 12.7. The molecule has 2 N–H and O–H groups in total. The number of alkyl halides is 2. The standard InChI is InChI=1S/C24H27BrF2N6O4/c1-28-18-8-15(11-29-12-18)22(34)31-6-2-4-17(13-31)30-21-19(9-16(25)10-20(21)33(36)37)23(35)32-7-3-5-24(26,27)14-32/h8-12,17,28,30H,2-7,13-14H2,1H3/t17-/m1/s1. The molecule has 2 fully saturated rings. The van der Waals surface area contributed by atoms with Crippen LogP contribution in [0, 0.1) is 10.1 Å². The molecular weight excluding hydrogens is 554 g/mol. The smallest absolute Gasteiger partial charge is 0.294 e. The van der Waals surface area contributed by atoms with Crippen LogP contribution in [-0.4, -0.2) is 76.7 Å². The summed E-state index contributed by atoms with van der Waals surface area (Å²) in [6, 6.07) is 3.97. The van der Waals surface area contributed by atoms with Crippen LogP contribution < -0.4 is 10.6 Å². The summed E-state index contributed by atoms with van der Waals surface area (Å²) in [5, 5.41) is 18.0. The van der Waals surface area contributed by atoms with Gasteiger partial charge in [0.1, 0.15) is 5.69 Å². The van der Waals surface area contributed by atoms with E-state index in [9.17, 15) is 28.5 Å². The number of anilines is 2. The molecule has 0 saturated carbocycles. The number of amides is 2. The van der Waals surface area contributed by atoms with Gasteiger partial charge in [0.15, 0.2) is 0 Å². The predicted octanol–water partition coefficient (Wildman–Crippen LogP) is 4.38. The molecule has 1 aromatic carbocycles. The first kappa shape index (κ1) is 26.7. The summed E-state index contributed by atoms with van der Waals surface area (Å²) in [6.45, 7) is 0.139. The molecule has 1 aromatic heterocycles. The average molecular weight is 581 g/mol. The van der Waals surface area contributed by atoms with E-state index in [-0.39, 0.29) is 53.2 Å². The van der Waals surface area contributed by atoms with Crippen molar-refractivity contribution in [3.63, 3.8) is 0 Å². The third-order valence-corrected chi connectivity index (χ3v) is 6.98. The summed E-state index contributed by atoms with van der Waals surface area (Å²) in [4.78, 5) is 44.5. The number of piperidine rings is 2. The molecule has 2 aliphatic rings. The van der Waals surface area contributed by atoms with Gasteiger partial charge in [-0.3, -0.25) is 24.7 Å². The molecule has 4 rings (SSSR count). The zero-order chi connectivity index (χ0) is 26.7. The summed E-state index contributed by atoms with van der Waals surface area (Å²) < 4.78 is 28.3. The van der Waals surface area contributed by atoms with Gasteiger partial charge in [-0.05, 0) is 31.4 Å². The maximum absolute atomic E-state index is 14.0. The second kappa shape index (κ2) is 11.0. The monoisotopic (exact) mass is 580 g/mol. The van der Waals surface area contributed by atoms with Crippen molar-refractivity contribution >= 4 is 44.8 Å². The van der Waals surface area contributed by atoms with E-state index in [0.29, 0.717) is 30.6 Å². The number of nitrogens with zero attached hydrogens (tertiary/aromatic N) is 4.